The third-order valence-corrected chi connectivity index (χ3v) is 3.84. The molecule has 0 aliphatic heterocycles. The van der Waals surface area contributed by atoms with Crippen molar-refractivity contribution < 1.29 is 0 Å². The number of hydrogen-bond acceptors (Lipinski definition) is 2. The summed E-state index contributed by atoms with van der Waals surface area (Å²) in [5, 5.41) is 4.43. The minimum absolute atomic E-state index is 0.677. The van der Waals surface area contributed by atoms with Crippen molar-refractivity contribution >= 4 is 23.4 Å². The zero-order valence-corrected chi connectivity index (χ0v) is 11.8. The lowest BCUT2D eigenvalue weighted by atomic mass is 10.0. The van der Waals surface area contributed by atoms with Gasteiger partial charge in [0.25, 0.3) is 0 Å². The van der Waals surface area contributed by atoms with Crippen molar-refractivity contribution in [3.05, 3.63) is 10.5 Å². The highest BCUT2D eigenvalue weighted by Crippen LogP contribution is 2.20. The van der Waals surface area contributed by atoms with E-state index in [0.717, 1.165) is 28.2 Å². The number of fused-ring (bicyclic) bond motifs is 1. The largest absolute Gasteiger partial charge is 0.328 e. The molecule has 0 spiro atoms. The maximum Gasteiger partial charge on any atom is 0.179 e. The molecule has 4 nitrogen and oxygen atoms in total. The van der Waals surface area contributed by atoms with Gasteiger partial charge in [-0.15, -0.1) is 0 Å². The van der Waals surface area contributed by atoms with Crippen LogP contribution in [-0.4, -0.2) is 19.3 Å². The van der Waals surface area contributed by atoms with Crippen molar-refractivity contribution in [1.82, 2.24) is 19.3 Å². The van der Waals surface area contributed by atoms with Gasteiger partial charge < -0.3 is 9.55 Å². The number of nitrogens with one attached hydrogen (secondary N) is 1. The molecule has 0 aliphatic rings. The predicted octanol–water partition coefficient (Wildman–Crippen LogP) is 3.18. The van der Waals surface area contributed by atoms with Gasteiger partial charge in [-0.1, -0.05) is 26.7 Å². The fourth-order valence-corrected chi connectivity index (χ4v) is 2.61. The highest BCUT2D eigenvalue weighted by Gasteiger charge is 2.14. The first kappa shape index (κ1) is 12.4. The quantitative estimate of drug-likeness (QED) is 0.849. The summed E-state index contributed by atoms with van der Waals surface area (Å²) in [6.45, 7) is 7.45. The van der Waals surface area contributed by atoms with Crippen LogP contribution in [0.2, 0.25) is 0 Å². The van der Waals surface area contributed by atoms with Crippen LogP contribution < -0.4 is 0 Å². The van der Waals surface area contributed by atoms with Crippen LogP contribution in [0.25, 0.3) is 11.2 Å². The van der Waals surface area contributed by atoms with Crippen molar-refractivity contribution in [2.45, 2.75) is 40.2 Å². The van der Waals surface area contributed by atoms with E-state index in [9.17, 15) is 0 Å². The lowest BCUT2D eigenvalue weighted by Gasteiger charge is -2.13. The molecule has 0 unspecified atom stereocenters. The SMILES string of the molecule is CCC(CC)Cn1c(=S)[nH]c2c(C)nn(C)c21. The van der Waals surface area contributed by atoms with E-state index in [1.807, 2.05) is 18.7 Å². The topological polar surface area (TPSA) is 38.5 Å². The van der Waals surface area contributed by atoms with Crippen LogP contribution in [0.15, 0.2) is 0 Å². The molecule has 0 aliphatic carbocycles. The molecule has 5 heteroatoms. The normalized spacial score (nSPS) is 11.8. The van der Waals surface area contributed by atoms with Crippen LogP contribution in [0, 0.1) is 17.6 Å². The number of H-pyrrole nitrogens is 1. The predicted molar refractivity (Wildman–Crippen MR) is 72.7 cm³/mol. The highest BCUT2D eigenvalue weighted by molar-refractivity contribution is 7.71. The van der Waals surface area contributed by atoms with Crippen LogP contribution in [0.3, 0.4) is 0 Å². The van der Waals surface area contributed by atoms with Crippen LogP contribution in [0.1, 0.15) is 32.4 Å². The molecule has 1 N–H and O–H groups in total. The summed E-state index contributed by atoms with van der Waals surface area (Å²) in [6.07, 6.45) is 2.36. The Kier molecular flexibility index (Phi) is 3.38. The Hall–Kier alpha value is -1.10. The molecule has 2 rings (SSSR count). The molecule has 17 heavy (non-hydrogen) atoms. The smallest absolute Gasteiger partial charge is 0.179 e. The van der Waals surface area contributed by atoms with Gasteiger partial charge in [0.1, 0.15) is 5.52 Å². The maximum atomic E-state index is 5.41. The summed E-state index contributed by atoms with van der Waals surface area (Å²) in [4.78, 5) is 3.26. The Bertz CT molecular complexity index is 571. The molecular formula is C12H20N4S. The zero-order chi connectivity index (χ0) is 12.6. The summed E-state index contributed by atoms with van der Waals surface area (Å²) in [5.74, 6) is 0.677. The van der Waals surface area contributed by atoms with Gasteiger partial charge in [-0.2, -0.15) is 5.10 Å². The van der Waals surface area contributed by atoms with Crippen LogP contribution in [-0.2, 0) is 13.6 Å². The second-order valence-corrected chi connectivity index (χ2v) is 5.02. The minimum atomic E-state index is 0.677. The molecule has 0 amide bonds. The van der Waals surface area contributed by atoms with Gasteiger partial charge in [-0.25, -0.2) is 0 Å². The molecule has 0 atom stereocenters. The van der Waals surface area contributed by atoms with Gasteiger partial charge in [-0.05, 0) is 25.1 Å². The molecule has 0 aromatic carbocycles. The average Bonchev–Trinajstić information content (AvgIpc) is 2.75. The average molecular weight is 252 g/mol. The summed E-state index contributed by atoms with van der Waals surface area (Å²) < 4.78 is 4.91. The van der Waals surface area contributed by atoms with Gasteiger partial charge in [0, 0.05) is 13.6 Å². The minimum Gasteiger partial charge on any atom is -0.328 e. The van der Waals surface area contributed by atoms with Crippen molar-refractivity contribution in [2.75, 3.05) is 0 Å². The standard InChI is InChI=1S/C12H20N4S/c1-5-9(6-2)7-16-11-10(13-12(16)17)8(3)14-15(11)4/h9H,5-7H2,1-4H3,(H,13,17). The Balaban J connectivity index is 2.52. The molecule has 0 bridgehead atoms. The summed E-state index contributed by atoms with van der Waals surface area (Å²) in [5.41, 5.74) is 3.19. The first-order chi connectivity index (χ1) is 8.08. The number of nitrogens with zero attached hydrogens (tertiary/aromatic N) is 3. The van der Waals surface area contributed by atoms with Gasteiger partial charge in [0.15, 0.2) is 10.4 Å². The lowest BCUT2D eigenvalue weighted by Crippen LogP contribution is -2.11. The molecule has 0 fully saturated rings. The number of imidazole rings is 1. The molecular weight excluding hydrogens is 232 g/mol. The maximum absolute atomic E-state index is 5.41. The Morgan fingerprint density at radius 1 is 1.35 bits per heavy atom. The molecule has 0 saturated heterocycles. The van der Waals surface area contributed by atoms with Crippen LogP contribution in [0.5, 0.6) is 0 Å². The van der Waals surface area contributed by atoms with E-state index in [2.05, 4.69) is 28.5 Å². The molecule has 2 aromatic heterocycles. The monoisotopic (exact) mass is 252 g/mol. The molecule has 0 radical (unpaired) electrons. The lowest BCUT2D eigenvalue weighted by molar-refractivity contribution is 0.418. The van der Waals surface area contributed by atoms with Crippen LogP contribution >= 0.6 is 12.2 Å². The fourth-order valence-electron chi connectivity index (χ4n) is 2.35. The molecule has 0 saturated carbocycles. The first-order valence-corrected chi connectivity index (χ1v) is 6.61. The summed E-state index contributed by atoms with van der Waals surface area (Å²) in [7, 11) is 1.97. The van der Waals surface area contributed by atoms with E-state index < -0.39 is 0 Å². The number of aryl methyl sites for hydroxylation is 2. The molecule has 2 aromatic rings. The van der Waals surface area contributed by atoms with E-state index in [4.69, 9.17) is 12.2 Å². The molecule has 2 heterocycles. The number of aromatic amines is 1. The summed E-state index contributed by atoms with van der Waals surface area (Å²) >= 11 is 5.41. The van der Waals surface area contributed by atoms with Gasteiger partial charge in [-0.3, -0.25) is 4.68 Å². The van der Waals surface area contributed by atoms with E-state index >= 15 is 0 Å². The van der Waals surface area contributed by atoms with Crippen molar-refractivity contribution in [3.63, 3.8) is 0 Å². The van der Waals surface area contributed by atoms with Gasteiger partial charge in [0.2, 0.25) is 0 Å². The second-order valence-electron chi connectivity index (χ2n) is 4.63. The number of hydrogen-bond donors (Lipinski definition) is 1. The first-order valence-electron chi connectivity index (χ1n) is 6.20. The van der Waals surface area contributed by atoms with E-state index in [-0.39, 0.29) is 0 Å². The third-order valence-electron chi connectivity index (χ3n) is 3.52. The Morgan fingerprint density at radius 3 is 2.59 bits per heavy atom. The van der Waals surface area contributed by atoms with Gasteiger partial charge >= 0.3 is 0 Å². The number of rotatable bonds is 4. The fraction of sp³-hybridized carbons (Fsp3) is 0.667. The van der Waals surface area contributed by atoms with Crippen LogP contribution in [0.4, 0.5) is 0 Å². The Morgan fingerprint density at radius 2 is 2.00 bits per heavy atom. The second kappa shape index (κ2) is 4.64. The van der Waals surface area contributed by atoms with Crippen molar-refractivity contribution in [1.29, 1.82) is 0 Å². The Labute approximate surface area is 107 Å². The third kappa shape index (κ3) is 2.04. The van der Waals surface area contributed by atoms with Crippen molar-refractivity contribution in [2.24, 2.45) is 13.0 Å². The van der Waals surface area contributed by atoms with Gasteiger partial charge in [0.05, 0.1) is 5.69 Å². The van der Waals surface area contributed by atoms with E-state index in [1.165, 1.54) is 12.8 Å². The highest BCUT2D eigenvalue weighted by atomic mass is 32.1. The van der Waals surface area contributed by atoms with E-state index in [0.29, 0.717) is 5.92 Å². The van der Waals surface area contributed by atoms with E-state index in [1.54, 1.807) is 0 Å². The number of aromatic nitrogens is 4. The summed E-state index contributed by atoms with van der Waals surface area (Å²) in [6, 6.07) is 0. The van der Waals surface area contributed by atoms with Crippen molar-refractivity contribution in [3.8, 4) is 0 Å². The zero-order valence-electron chi connectivity index (χ0n) is 10.9. The molecule has 94 valence electrons.